The molecule has 0 aliphatic rings. The molecule has 1 amide bonds. The van der Waals surface area contributed by atoms with Crippen LogP contribution in [0.1, 0.15) is 10.7 Å². The molecule has 2 rings (SSSR count). The maximum absolute atomic E-state index is 10.7. The summed E-state index contributed by atoms with van der Waals surface area (Å²) in [6.45, 7) is 0. The van der Waals surface area contributed by atoms with E-state index in [1.165, 1.54) is 0 Å². The van der Waals surface area contributed by atoms with Gasteiger partial charge in [0, 0.05) is 4.47 Å². The van der Waals surface area contributed by atoms with Crippen molar-refractivity contribution in [2.75, 3.05) is 0 Å². The number of nitrogens with two attached hydrogens (primary N) is 1. The second-order valence-electron chi connectivity index (χ2n) is 2.50. The van der Waals surface area contributed by atoms with Crippen molar-refractivity contribution in [3.63, 3.8) is 0 Å². The lowest BCUT2D eigenvalue weighted by molar-refractivity contribution is 0.0969. The van der Waals surface area contributed by atoms with Gasteiger partial charge in [-0.25, -0.2) is 4.98 Å². The molecule has 66 valence electrons. The van der Waals surface area contributed by atoms with E-state index in [2.05, 4.69) is 20.9 Å². The minimum absolute atomic E-state index is 0.0619. The number of carbonyl (C=O) groups is 1. The molecule has 1 heterocycles. The number of primary amides is 1. The first-order valence-corrected chi connectivity index (χ1v) is 4.32. The van der Waals surface area contributed by atoms with Gasteiger partial charge in [0.25, 0.3) is 5.89 Å². The van der Waals surface area contributed by atoms with Crippen molar-refractivity contribution >= 4 is 32.9 Å². The molecule has 0 saturated heterocycles. The van der Waals surface area contributed by atoms with Crippen LogP contribution in [-0.2, 0) is 0 Å². The molecule has 0 aliphatic heterocycles. The van der Waals surface area contributed by atoms with Crippen molar-refractivity contribution in [2.45, 2.75) is 0 Å². The fourth-order valence-electron chi connectivity index (χ4n) is 1.00. The lowest BCUT2D eigenvalue weighted by Gasteiger charge is -1.86. The molecule has 0 spiro atoms. The van der Waals surface area contributed by atoms with E-state index in [9.17, 15) is 4.79 Å². The molecule has 5 heteroatoms. The number of oxazole rings is 1. The van der Waals surface area contributed by atoms with Gasteiger partial charge in [-0.15, -0.1) is 0 Å². The van der Waals surface area contributed by atoms with Gasteiger partial charge in [-0.3, -0.25) is 4.79 Å². The Hall–Kier alpha value is -1.36. The number of fused-ring (bicyclic) bond motifs is 1. The summed E-state index contributed by atoms with van der Waals surface area (Å²) in [4.78, 5) is 14.6. The molecule has 0 radical (unpaired) electrons. The zero-order chi connectivity index (χ0) is 9.42. The molecule has 2 aromatic rings. The number of halogens is 1. The van der Waals surface area contributed by atoms with Gasteiger partial charge in [-0.2, -0.15) is 0 Å². The minimum atomic E-state index is -0.660. The molecular formula is C8H5BrN2O2. The normalized spacial score (nSPS) is 10.5. The highest BCUT2D eigenvalue weighted by molar-refractivity contribution is 9.10. The smallest absolute Gasteiger partial charge is 0.304 e. The van der Waals surface area contributed by atoms with E-state index in [4.69, 9.17) is 10.2 Å². The third-order valence-electron chi connectivity index (χ3n) is 1.56. The van der Waals surface area contributed by atoms with Crippen LogP contribution in [0.4, 0.5) is 0 Å². The summed E-state index contributed by atoms with van der Waals surface area (Å²) in [5.74, 6) is -0.722. The van der Waals surface area contributed by atoms with Gasteiger partial charge in [0.15, 0.2) is 5.58 Å². The first kappa shape index (κ1) is 8.25. The quantitative estimate of drug-likeness (QED) is 0.825. The molecule has 0 saturated carbocycles. The Bertz CT molecular complexity index is 478. The van der Waals surface area contributed by atoms with E-state index in [0.29, 0.717) is 11.1 Å². The van der Waals surface area contributed by atoms with Crippen LogP contribution in [0, 0.1) is 0 Å². The molecule has 0 unspecified atom stereocenters. The third-order valence-corrected chi connectivity index (χ3v) is 2.05. The number of hydrogen-bond donors (Lipinski definition) is 1. The van der Waals surface area contributed by atoms with Gasteiger partial charge in [-0.05, 0) is 18.2 Å². The lowest BCUT2D eigenvalue weighted by atomic mass is 10.3. The average molecular weight is 241 g/mol. The van der Waals surface area contributed by atoms with Crippen molar-refractivity contribution in [1.82, 2.24) is 4.98 Å². The maximum atomic E-state index is 10.7. The number of hydrogen-bond acceptors (Lipinski definition) is 3. The lowest BCUT2D eigenvalue weighted by Crippen LogP contribution is -2.10. The average Bonchev–Trinajstić information content (AvgIpc) is 2.46. The summed E-state index contributed by atoms with van der Waals surface area (Å²) in [7, 11) is 0. The number of carbonyl (C=O) groups excluding carboxylic acids is 1. The summed E-state index contributed by atoms with van der Waals surface area (Å²) in [5.41, 5.74) is 6.18. The van der Waals surface area contributed by atoms with Gasteiger partial charge >= 0.3 is 5.91 Å². The van der Waals surface area contributed by atoms with Crippen LogP contribution >= 0.6 is 15.9 Å². The molecular weight excluding hydrogens is 236 g/mol. The maximum Gasteiger partial charge on any atom is 0.304 e. The standard InChI is InChI=1S/C8H5BrN2O2/c9-4-1-2-5-6(3-4)13-8(11-5)7(10)12/h1-3H,(H2,10,12). The molecule has 0 atom stereocenters. The second-order valence-corrected chi connectivity index (χ2v) is 3.41. The minimum Gasteiger partial charge on any atom is -0.432 e. The van der Waals surface area contributed by atoms with Crippen LogP contribution in [-0.4, -0.2) is 10.9 Å². The first-order valence-electron chi connectivity index (χ1n) is 3.53. The summed E-state index contributed by atoms with van der Waals surface area (Å²) < 4.78 is 5.96. The van der Waals surface area contributed by atoms with Crippen molar-refractivity contribution < 1.29 is 9.21 Å². The number of nitrogens with zero attached hydrogens (tertiary/aromatic N) is 1. The van der Waals surface area contributed by atoms with E-state index in [1.807, 2.05) is 6.07 Å². The number of benzene rings is 1. The highest BCUT2D eigenvalue weighted by Crippen LogP contribution is 2.20. The fourth-order valence-corrected chi connectivity index (χ4v) is 1.34. The predicted octanol–water partition coefficient (Wildman–Crippen LogP) is 1.69. The van der Waals surface area contributed by atoms with E-state index >= 15 is 0 Å². The Morgan fingerprint density at radius 2 is 2.31 bits per heavy atom. The second kappa shape index (κ2) is 2.85. The van der Waals surface area contributed by atoms with Crippen molar-refractivity contribution in [3.8, 4) is 0 Å². The van der Waals surface area contributed by atoms with Crippen LogP contribution in [0.5, 0.6) is 0 Å². The van der Waals surface area contributed by atoms with Gasteiger partial charge in [0.1, 0.15) is 5.52 Å². The van der Waals surface area contributed by atoms with E-state index in [0.717, 1.165) is 4.47 Å². The van der Waals surface area contributed by atoms with Crippen LogP contribution in [0.15, 0.2) is 27.1 Å². The molecule has 0 bridgehead atoms. The number of amides is 1. The van der Waals surface area contributed by atoms with Gasteiger partial charge < -0.3 is 10.2 Å². The van der Waals surface area contributed by atoms with Crippen LogP contribution in [0.2, 0.25) is 0 Å². The summed E-state index contributed by atoms with van der Waals surface area (Å²) in [6.07, 6.45) is 0. The highest BCUT2D eigenvalue weighted by atomic mass is 79.9. The molecule has 13 heavy (non-hydrogen) atoms. The fraction of sp³-hybridized carbons (Fsp3) is 0. The van der Waals surface area contributed by atoms with Crippen molar-refractivity contribution in [3.05, 3.63) is 28.6 Å². The Morgan fingerprint density at radius 1 is 1.54 bits per heavy atom. The van der Waals surface area contributed by atoms with Gasteiger partial charge in [0.2, 0.25) is 0 Å². The zero-order valence-corrected chi connectivity index (χ0v) is 8.04. The number of aromatic nitrogens is 1. The molecule has 2 N–H and O–H groups in total. The highest BCUT2D eigenvalue weighted by Gasteiger charge is 2.09. The largest absolute Gasteiger partial charge is 0.432 e. The van der Waals surface area contributed by atoms with E-state index in [-0.39, 0.29) is 5.89 Å². The molecule has 1 aromatic carbocycles. The summed E-state index contributed by atoms with van der Waals surface area (Å²) >= 11 is 3.27. The van der Waals surface area contributed by atoms with Crippen LogP contribution in [0.25, 0.3) is 11.1 Å². The van der Waals surface area contributed by atoms with Gasteiger partial charge in [-0.1, -0.05) is 15.9 Å². The van der Waals surface area contributed by atoms with E-state index in [1.54, 1.807) is 12.1 Å². The molecule has 0 fully saturated rings. The first-order chi connectivity index (χ1) is 6.16. The number of rotatable bonds is 1. The SMILES string of the molecule is NC(=O)c1nc2ccc(Br)cc2o1. The Morgan fingerprint density at radius 3 is 3.00 bits per heavy atom. The van der Waals surface area contributed by atoms with Crippen molar-refractivity contribution in [2.24, 2.45) is 5.73 Å². The predicted molar refractivity (Wildman–Crippen MR) is 50.2 cm³/mol. The van der Waals surface area contributed by atoms with Crippen molar-refractivity contribution in [1.29, 1.82) is 0 Å². The molecule has 0 aliphatic carbocycles. The van der Waals surface area contributed by atoms with Crippen LogP contribution < -0.4 is 5.73 Å². The summed E-state index contributed by atoms with van der Waals surface area (Å²) in [5, 5.41) is 0. The third kappa shape index (κ3) is 1.42. The Labute approximate surface area is 81.9 Å². The zero-order valence-electron chi connectivity index (χ0n) is 6.45. The van der Waals surface area contributed by atoms with Crippen LogP contribution in [0.3, 0.4) is 0 Å². The Balaban J connectivity index is 2.68. The summed E-state index contributed by atoms with van der Waals surface area (Å²) in [6, 6.07) is 5.29. The topological polar surface area (TPSA) is 69.1 Å². The molecule has 1 aromatic heterocycles. The Kier molecular flexibility index (Phi) is 1.81. The molecule has 4 nitrogen and oxygen atoms in total. The van der Waals surface area contributed by atoms with E-state index < -0.39 is 5.91 Å². The monoisotopic (exact) mass is 240 g/mol. The van der Waals surface area contributed by atoms with Gasteiger partial charge in [0.05, 0.1) is 0 Å².